The maximum atomic E-state index is 4.86. The molecule has 2 heterocycles. The van der Waals surface area contributed by atoms with E-state index in [1.54, 1.807) is 0 Å². The quantitative estimate of drug-likeness (QED) is 0.224. The van der Waals surface area contributed by atoms with E-state index in [0.29, 0.717) is 17.5 Å². The molecule has 0 atom stereocenters. The number of benzene rings is 5. The average molecular weight is 527 g/mol. The molecular formula is C37H26N4. The van der Waals surface area contributed by atoms with Gasteiger partial charge in [-0.2, -0.15) is 0 Å². The minimum Gasteiger partial charge on any atom is -0.252 e. The molecule has 5 aromatic carbocycles. The predicted octanol–water partition coefficient (Wildman–Crippen LogP) is 9.06. The second-order valence-electron chi connectivity index (χ2n) is 10.0. The molecule has 0 spiro atoms. The third-order valence-corrected chi connectivity index (χ3v) is 7.29. The molecule has 0 aliphatic carbocycles. The first-order valence-electron chi connectivity index (χ1n) is 13.7. The van der Waals surface area contributed by atoms with E-state index in [1.807, 2.05) is 60.7 Å². The van der Waals surface area contributed by atoms with Crippen molar-refractivity contribution in [2.75, 3.05) is 0 Å². The van der Waals surface area contributed by atoms with E-state index in [9.17, 15) is 0 Å². The van der Waals surface area contributed by atoms with Gasteiger partial charge in [-0.05, 0) is 29.5 Å². The zero-order chi connectivity index (χ0) is 27.6. The van der Waals surface area contributed by atoms with Crippen molar-refractivity contribution in [1.82, 2.24) is 19.9 Å². The lowest BCUT2D eigenvalue weighted by Gasteiger charge is -2.10. The molecule has 194 valence electrons. The Balaban J connectivity index is 1.20. The Morgan fingerprint density at radius 3 is 1.32 bits per heavy atom. The number of aromatic nitrogens is 4. The SMILES string of the molecule is Cc1nc(-c2ccc(-c3ccc(-c4nc(-c5ccccc5)nc(-c5ccccc5)n4)cc3)cc2)cc2ccccc12. The van der Waals surface area contributed by atoms with Crippen molar-refractivity contribution in [1.29, 1.82) is 0 Å². The summed E-state index contributed by atoms with van der Waals surface area (Å²) in [5, 5.41) is 2.40. The normalized spacial score (nSPS) is 11.0. The predicted molar refractivity (Wildman–Crippen MR) is 167 cm³/mol. The van der Waals surface area contributed by atoms with E-state index in [1.165, 1.54) is 10.8 Å². The molecule has 4 heteroatoms. The van der Waals surface area contributed by atoms with Gasteiger partial charge < -0.3 is 0 Å². The van der Waals surface area contributed by atoms with Gasteiger partial charge in [-0.25, -0.2) is 15.0 Å². The van der Waals surface area contributed by atoms with E-state index in [2.05, 4.69) is 85.8 Å². The second-order valence-corrected chi connectivity index (χ2v) is 10.0. The molecule has 0 fully saturated rings. The number of pyridine rings is 1. The minimum absolute atomic E-state index is 0.650. The standard InChI is InChI=1S/C37H26N4/c1-25-33-15-9-8-14-32(33)24-34(38-25)28-20-16-26(17-21-28)27-18-22-31(23-19-27)37-40-35(29-10-4-2-5-11-29)39-36(41-37)30-12-6-3-7-13-30/h2-24H,1H3. The van der Waals surface area contributed by atoms with Crippen LogP contribution in [-0.4, -0.2) is 19.9 Å². The first-order chi connectivity index (χ1) is 20.2. The van der Waals surface area contributed by atoms with Gasteiger partial charge in [-0.15, -0.1) is 0 Å². The molecule has 41 heavy (non-hydrogen) atoms. The highest BCUT2D eigenvalue weighted by atomic mass is 15.0. The van der Waals surface area contributed by atoms with Crippen molar-refractivity contribution < 1.29 is 0 Å². The Morgan fingerprint density at radius 1 is 0.366 bits per heavy atom. The van der Waals surface area contributed by atoms with Crippen molar-refractivity contribution >= 4 is 10.8 Å². The van der Waals surface area contributed by atoms with E-state index >= 15 is 0 Å². The average Bonchev–Trinajstić information content (AvgIpc) is 3.05. The van der Waals surface area contributed by atoms with Crippen LogP contribution in [0.1, 0.15) is 5.69 Å². The van der Waals surface area contributed by atoms with Crippen LogP contribution < -0.4 is 0 Å². The van der Waals surface area contributed by atoms with Gasteiger partial charge in [0.2, 0.25) is 0 Å². The fourth-order valence-corrected chi connectivity index (χ4v) is 5.10. The zero-order valence-electron chi connectivity index (χ0n) is 22.6. The van der Waals surface area contributed by atoms with Gasteiger partial charge in [-0.1, -0.05) is 133 Å². The Kier molecular flexibility index (Phi) is 6.34. The van der Waals surface area contributed by atoms with Crippen LogP contribution in [0.5, 0.6) is 0 Å². The summed E-state index contributed by atoms with van der Waals surface area (Å²) in [6.45, 7) is 2.07. The summed E-state index contributed by atoms with van der Waals surface area (Å²) in [6, 6.07) is 47.6. The molecule has 7 rings (SSSR count). The molecule has 0 saturated heterocycles. The van der Waals surface area contributed by atoms with Crippen molar-refractivity contribution in [3.63, 3.8) is 0 Å². The number of fused-ring (bicyclic) bond motifs is 1. The number of hydrogen-bond acceptors (Lipinski definition) is 4. The van der Waals surface area contributed by atoms with E-state index < -0.39 is 0 Å². The van der Waals surface area contributed by atoms with Gasteiger partial charge in [0.15, 0.2) is 17.5 Å². The molecule has 7 aromatic rings. The van der Waals surface area contributed by atoms with Crippen LogP contribution in [0, 0.1) is 6.92 Å². The molecule has 4 nitrogen and oxygen atoms in total. The summed E-state index contributed by atoms with van der Waals surface area (Å²) in [6.07, 6.45) is 0. The minimum atomic E-state index is 0.650. The molecule has 0 unspecified atom stereocenters. The van der Waals surface area contributed by atoms with Crippen molar-refractivity contribution in [3.05, 3.63) is 145 Å². The number of nitrogens with zero attached hydrogens (tertiary/aromatic N) is 4. The van der Waals surface area contributed by atoms with Crippen LogP contribution in [-0.2, 0) is 0 Å². The second kappa shape index (κ2) is 10.6. The lowest BCUT2D eigenvalue weighted by atomic mass is 10.00. The van der Waals surface area contributed by atoms with Gasteiger partial charge in [-0.3, -0.25) is 4.98 Å². The number of rotatable bonds is 5. The smallest absolute Gasteiger partial charge is 0.164 e. The van der Waals surface area contributed by atoms with E-state index in [4.69, 9.17) is 19.9 Å². The zero-order valence-corrected chi connectivity index (χ0v) is 22.6. The highest BCUT2D eigenvalue weighted by molar-refractivity contribution is 5.88. The van der Waals surface area contributed by atoms with Gasteiger partial charge in [0.1, 0.15) is 0 Å². The summed E-state index contributed by atoms with van der Waals surface area (Å²) >= 11 is 0. The lowest BCUT2D eigenvalue weighted by molar-refractivity contribution is 1.07. The third-order valence-electron chi connectivity index (χ3n) is 7.29. The highest BCUT2D eigenvalue weighted by Gasteiger charge is 2.12. The van der Waals surface area contributed by atoms with Crippen LogP contribution >= 0.6 is 0 Å². The Labute approximate surface area is 239 Å². The molecular weight excluding hydrogens is 500 g/mol. The first-order valence-corrected chi connectivity index (χ1v) is 13.7. The van der Waals surface area contributed by atoms with Crippen LogP contribution in [0.25, 0.3) is 67.3 Å². The number of aryl methyl sites for hydroxylation is 1. The van der Waals surface area contributed by atoms with Gasteiger partial charge >= 0.3 is 0 Å². The summed E-state index contributed by atoms with van der Waals surface area (Å²) in [4.78, 5) is 19.3. The fraction of sp³-hybridized carbons (Fsp3) is 0.0270. The summed E-state index contributed by atoms with van der Waals surface area (Å²) in [5.41, 5.74) is 8.27. The summed E-state index contributed by atoms with van der Waals surface area (Å²) in [7, 11) is 0. The fourth-order valence-electron chi connectivity index (χ4n) is 5.10. The molecule has 0 saturated carbocycles. The molecule has 0 radical (unpaired) electrons. The van der Waals surface area contributed by atoms with E-state index in [0.717, 1.165) is 44.8 Å². The van der Waals surface area contributed by atoms with Gasteiger partial charge in [0, 0.05) is 33.3 Å². The van der Waals surface area contributed by atoms with Crippen molar-refractivity contribution in [2.45, 2.75) is 6.92 Å². The Bertz CT molecular complexity index is 1910. The van der Waals surface area contributed by atoms with Gasteiger partial charge in [0.25, 0.3) is 0 Å². The molecule has 2 aromatic heterocycles. The summed E-state index contributed by atoms with van der Waals surface area (Å²) < 4.78 is 0. The monoisotopic (exact) mass is 526 g/mol. The van der Waals surface area contributed by atoms with Gasteiger partial charge in [0.05, 0.1) is 5.69 Å². The van der Waals surface area contributed by atoms with Crippen LogP contribution in [0.4, 0.5) is 0 Å². The maximum absolute atomic E-state index is 4.86. The van der Waals surface area contributed by atoms with Crippen LogP contribution in [0.2, 0.25) is 0 Å². The Hall–Kier alpha value is -5.48. The third kappa shape index (κ3) is 4.99. The Morgan fingerprint density at radius 2 is 0.780 bits per heavy atom. The lowest BCUT2D eigenvalue weighted by Crippen LogP contribution is -2.00. The topological polar surface area (TPSA) is 51.6 Å². The van der Waals surface area contributed by atoms with Crippen LogP contribution in [0.3, 0.4) is 0 Å². The molecule has 0 bridgehead atoms. The van der Waals surface area contributed by atoms with E-state index in [-0.39, 0.29) is 0 Å². The molecule has 0 amide bonds. The largest absolute Gasteiger partial charge is 0.252 e. The first kappa shape index (κ1) is 24.6. The van der Waals surface area contributed by atoms with Crippen molar-refractivity contribution in [3.8, 4) is 56.5 Å². The summed E-state index contributed by atoms with van der Waals surface area (Å²) in [5.74, 6) is 1.97. The van der Waals surface area contributed by atoms with Crippen molar-refractivity contribution in [2.24, 2.45) is 0 Å². The molecule has 0 N–H and O–H groups in total. The molecule has 0 aliphatic heterocycles. The number of hydrogen-bond donors (Lipinski definition) is 0. The maximum Gasteiger partial charge on any atom is 0.164 e. The van der Waals surface area contributed by atoms with Crippen LogP contribution in [0.15, 0.2) is 140 Å². The highest BCUT2D eigenvalue weighted by Crippen LogP contribution is 2.29. The molecule has 0 aliphatic rings.